The van der Waals surface area contributed by atoms with Crippen LogP contribution in [-0.4, -0.2) is 34.3 Å². The second-order valence-corrected chi connectivity index (χ2v) is 6.98. The van der Waals surface area contributed by atoms with Gasteiger partial charge in [0.15, 0.2) is 5.17 Å². The van der Waals surface area contributed by atoms with Crippen LogP contribution in [0.4, 0.5) is 0 Å². The number of esters is 1. The van der Waals surface area contributed by atoms with Crippen LogP contribution in [0.2, 0.25) is 0 Å². The average molecular weight is 376 g/mol. The summed E-state index contributed by atoms with van der Waals surface area (Å²) in [7, 11) is 0. The van der Waals surface area contributed by atoms with Crippen molar-refractivity contribution in [3.05, 3.63) is 52.2 Å². The molecule has 0 aromatic carbocycles. The smallest absolute Gasteiger partial charge is 0.316 e. The van der Waals surface area contributed by atoms with E-state index in [0.717, 1.165) is 4.88 Å². The van der Waals surface area contributed by atoms with E-state index in [1.807, 2.05) is 17.5 Å². The zero-order valence-electron chi connectivity index (χ0n) is 13.5. The van der Waals surface area contributed by atoms with Gasteiger partial charge in [-0.15, -0.1) is 11.3 Å². The molecule has 2 aromatic rings. The molecule has 1 aliphatic rings. The molecule has 2 aromatic heterocycles. The van der Waals surface area contributed by atoms with Gasteiger partial charge < -0.3 is 9.15 Å². The van der Waals surface area contributed by atoms with E-state index in [2.05, 4.69) is 4.99 Å². The molecule has 0 N–H and O–H groups in total. The SMILES string of the molecule is CCOC(=O)CSC1=N/C(=C/c2ccco2)C(=O)N1Cc1cccs1. The Morgan fingerprint density at radius 3 is 3.00 bits per heavy atom. The van der Waals surface area contributed by atoms with Crippen molar-refractivity contribution in [1.82, 2.24) is 4.90 Å². The van der Waals surface area contributed by atoms with Gasteiger partial charge in [0.2, 0.25) is 0 Å². The van der Waals surface area contributed by atoms with Gasteiger partial charge in [-0.1, -0.05) is 17.8 Å². The Morgan fingerprint density at radius 1 is 1.44 bits per heavy atom. The van der Waals surface area contributed by atoms with Crippen molar-refractivity contribution in [3.8, 4) is 0 Å². The maximum Gasteiger partial charge on any atom is 0.316 e. The number of amides is 1. The molecule has 1 aliphatic heterocycles. The van der Waals surface area contributed by atoms with Crippen molar-refractivity contribution < 1.29 is 18.7 Å². The van der Waals surface area contributed by atoms with Gasteiger partial charge in [-0.3, -0.25) is 14.5 Å². The predicted molar refractivity (Wildman–Crippen MR) is 98.1 cm³/mol. The molecule has 8 heteroatoms. The van der Waals surface area contributed by atoms with Gasteiger partial charge in [0.25, 0.3) is 5.91 Å². The number of nitrogens with zero attached hydrogens (tertiary/aromatic N) is 2. The third kappa shape index (κ3) is 4.40. The molecule has 3 rings (SSSR count). The Hall–Kier alpha value is -2.32. The summed E-state index contributed by atoms with van der Waals surface area (Å²) < 4.78 is 10.2. The van der Waals surface area contributed by atoms with Gasteiger partial charge in [0, 0.05) is 11.0 Å². The first kappa shape index (κ1) is 17.5. The number of furan rings is 1. The number of hydrogen-bond acceptors (Lipinski definition) is 7. The molecular formula is C17H16N2O4S2. The summed E-state index contributed by atoms with van der Waals surface area (Å²) in [6.45, 7) is 2.50. The van der Waals surface area contributed by atoms with E-state index >= 15 is 0 Å². The van der Waals surface area contributed by atoms with Gasteiger partial charge in [-0.25, -0.2) is 4.99 Å². The van der Waals surface area contributed by atoms with Crippen LogP contribution >= 0.6 is 23.1 Å². The first-order valence-corrected chi connectivity index (χ1v) is 9.50. The van der Waals surface area contributed by atoms with Crippen LogP contribution in [0.15, 0.2) is 51.0 Å². The van der Waals surface area contributed by atoms with Crippen LogP contribution in [0, 0.1) is 0 Å². The van der Waals surface area contributed by atoms with E-state index in [1.165, 1.54) is 18.0 Å². The number of hydrogen-bond donors (Lipinski definition) is 0. The molecule has 6 nitrogen and oxygen atoms in total. The molecule has 25 heavy (non-hydrogen) atoms. The molecule has 0 spiro atoms. The maximum atomic E-state index is 12.7. The predicted octanol–water partition coefficient (Wildman–Crippen LogP) is 3.38. The summed E-state index contributed by atoms with van der Waals surface area (Å²) in [6, 6.07) is 7.39. The largest absolute Gasteiger partial charge is 0.465 e. The molecule has 3 heterocycles. The molecule has 130 valence electrons. The second-order valence-electron chi connectivity index (χ2n) is 5.00. The van der Waals surface area contributed by atoms with Gasteiger partial charge in [-0.2, -0.15) is 0 Å². The molecule has 0 aliphatic carbocycles. The molecular weight excluding hydrogens is 360 g/mol. The topological polar surface area (TPSA) is 72.1 Å². The lowest BCUT2D eigenvalue weighted by Gasteiger charge is -2.16. The summed E-state index contributed by atoms with van der Waals surface area (Å²) in [5.41, 5.74) is 0.290. The number of thioether (sulfide) groups is 1. The molecule has 0 saturated heterocycles. The van der Waals surface area contributed by atoms with Crippen LogP contribution in [0.1, 0.15) is 17.6 Å². The fourth-order valence-electron chi connectivity index (χ4n) is 2.17. The highest BCUT2D eigenvalue weighted by atomic mass is 32.2. The van der Waals surface area contributed by atoms with Crippen molar-refractivity contribution in [2.45, 2.75) is 13.5 Å². The van der Waals surface area contributed by atoms with Gasteiger partial charge in [-0.05, 0) is 30.5 Å². The third-order valence-corrected chi connectivity index (χ3v) is 5.06. The van der Waals surface area contributed by atoms with Crippen molar-refractivity contribution in [1.29, 1.82) is 0 Å². The number of amidine groups is 1. The summed E-state index contributed by atoms with van der Waals surface area (Å²) in [4.78, 5) is 31.3. The summed E-state index contributed by atoms with van der Waals surface area (Å²) >= 11 is 2.76. The zero-order chi connectivity index (χ0) is 17.6. The lowest BCUT2D eigenvalue weighted by atomic mass is 10.3. The molecule has 0 radical (unpaired) electrons. The van der Waals surface area contributed by atoms with Crippen molar-refractivity contribution >= 4 is 46.2 Å². The number of rotatable bonds is 6. The minimum atomic E-state index is -0.331. The molecule has 0 bridgehead atoms. The number of thiophene rings is 1. The molecule has 0 saturated carbocycles. The normalized spacial score (nSPS) is 15.7. The van der Waals surface area contributed by atoms with E-state index in [0.29, 0.717) is 24.1 Å². The second kappa shape index (κ2) is 8.17. The standard InChI is InChI=1S/C17H16N2O4S2/c1-2-22-15(20)11-25-17-18-14(9-12-5-3-7-23-12)16(21)19(17)10-13-6-4-8-24-13/h3-9H,2,10-11H2,1H3/b14-9+. The summed E-state index contributed by atoms with van der Waals surface area (Å²) in [5.74, 6) is 0.118. The lowest BCUT2D eigenvalue weighted by molar-refractivity contribution is -0.139. The van der Waals surface area contributed by atoms with Crippen LogP contribution in [0.5, 0.6) is 0 Å². The van der Waals surface area contributed by atoms with E-state index < -0.39 is 0 Å². The number of ether oxygens (including phenoxy) is 1. The molecule has 0 unspecified atom stereocenters. The minimum absolute atomic E-state index is 0.106. The van der Waals surface area contributed by atoms with Crippen molar-refractivity contribution in [2.24, 2.45) is 4.99 Å². The highest BCUT2D eigenvalue weighted by Crippen LogP contribution is 2.27. The quantitative estimate of drug-likeness (QED) is 0.571. The number of carbonyl (C=O) groups is 2. The Kier molecular flexibility index (Phi) is 5.72. The van der Waals surface area contributed by atoms with E-state index in [1.54, 1.807) is 41.4 Å². The van der Waals surface area contributed by atoms with Gasteiger partial charge >= 0.3 is 5.97 Å². The zero-order valence-corrected chi connectivity index (χ0v) is 15.1. The molecule has 0 atom stereocenters. The van der Waals surface area contributed by atoms with Gasteiger partial charge in [0.1, 0.15) is 11.5 Å². The van der Waals surface area contributed by atoms with Crippen LogP contribution in [0.25, 0.3) is 6.08 Å². The monoisotopic (exact) mass is 376 g/mol. The van der Waals surface area contributed by atoms with E-state index in [-0.39, 0.29) is 23.3 Å². The lowest BCUT2D eigenvalue weighted by Crippen LogP contribution is -2.30. The third-order valence-electron chi connectivity index (χ3n) is 3.25. The van der Waals surface area contributed by atoms with Crippen LogP contribution < -0.4 is 0 Å². The summed E-state index contributed by atoms with van der Waals surface area (Å²) in [6.07, 6.45) is 3.14. The van der Waals surface area contributed by atoms with Gasteiger partial charge in [0.05, 0.1) is 25.2 Å². The fourth-order valence-corrected chi connectivity index (χ4v) is 3.66. The van der Waals surface area contributed by atoms with Crippen LogP contribution in [-0.2, 0) is 20.9 Å². The molecule has 1 amide bonds. The number of aliphatic imine (C=N–C) groups is 1. The van der Waals surface area contributed by atoms with Crippen LogP contribution in [0.3, 0.4) is 0 Å². The maximum absolute atomic E-state index is 12.7. The van der Waals surface area contributed by atoms with Crippen molar-refractivity contribution in [3.63, 3.8) is 0 Å². The Bertz CT molecular complexity index is 795. The first-order chi connectivity index (χ1) is 12.2. The minimum Gasteiger partial charge on any atom is -0.465 e. The Balaban J connectivity index is 1.80. The fraction of sp³-hybridized carbons (Fsp3) is 0.235. The Labute approximate surface area is 153 Å². The highest BCUT2D eigenvalue weighted by Gasteiger charge is 2.31. The average Bonchev–Trinajstić information content (AvgIpc) is 3.33. The Morgan fingerprint density at radius 2 is 2.32 bits per heavy atom. The molecule has 0 fully saturated rings. The summed E-state index contributed by atoms with van der Waals surface area (Å²) in [5, 5.41) is 2.45. The van der Waals surface area contributed by atoms with E-state index in [9.17, 15) is 9.59 Å². The number of carbonyl (C=O) groups excluding carboxylic acids is 2. The first-order valence-electron chi connectivity index (χ1n) is 7.64. The van der Waals surface area contributed by atoms with E-state index in [4.69, 9.17) is 9.15 Å². The van der Waals surface area contributed by atoms with Crippen molar-refractivity contribution in [2.75, 3.05) is 12.4 Å². The highest BCUT2D eigenvalue weighted by molar-refractivity contribution is 8.14.